The third-order valence-corrected chi connectivity index (χ3v) is 1.90. The first-order valence-electron chi connectivity index (χ1n) is 4.46. The second-order valence-corrected chi connectivity index (χ2v) is 2.97. The highest BCUT2D eigenvalue weighted by atomic mass is 19.4. The summed E-state index contributed by atoms with van der Waals surface area (Å²) >= 11 is 0. The number of methoxy groups -OCH3 is 1. The Balaban J connectivity index is 3.38. The van der Waals surface area contributed by atoms with Gasteiger partial charge in [0.15, 0.2) is 0 Å². The van der Waals surface area contributed by atoms with Crippen LogP contribution < -0.4 is 15.2 Å². The zero-order valence-corrected chi connectivity index (χ0v) is 9.02. The summed E-state index contributed by atoms with van der Waals surface area (Å²) in [6.45, 7) is -0.550. The molecule has 0 aliphatic rings. The van der Waals surface area contributed by atoms with Crippen LogP contribution in [0.25, 0.3) is 0 Å². The number of nitrogens with zero attached hydrogens (tertiary/aromatic N) is 2. The highest BCUT2D eigenvalue weighted by Gasteiger charge is 2.35. The summed E-state index contributed by atoms with van der Waals surface area (Å²) in [6, 6.07) is 0. The van der Waals surface area contributed by atoms with Gasteiger partial charge in [-0.1, -0.05) is 0 Å². The predicted molar refractivity (Wildman–Crippen MR) is 52.0 cm³/mol. The molecule has 7 nitrogen and oxygen atoms in total. The van der Waals surface area contributed by atoms with Crippen molar-refractivity contribution in [2.24, 2.45) is 5.73 Å². The molecule has 0 amide bonds. The van der Waals surface area contributed by atoms with Gasteiger partial charge in [-0.05, 0) is 0 Å². The van der Waals surface area contributed by atoms with E-state index >= 15 is 0 Å². The molecule has 0 spiro atoms. The third kappa shape index (κ3) is 2.97. The van der Waals surface area contributed by atoms with Gasteiger partial charge in [0.05, 0.1) is 18.2 Å². The van der Waals surface area contributed by atoms with Gasteiger partial charge >= 0.3 is 12.0 Å². The Morgan fingerprint density at radius 3 is 2.56 bits per heavy atom. The van der Waals surface area contributed by atoms with Crippen molar-refractivity contribution in [1.29, 1.82) is 0 Å². The molecule has 0 saturated heterocycles. The normalized spacial score (nSPS) is 11.2. The number of nitro groups is 1. The first-order valence-corrected chi connectivity index (χ1v) is 4.46. The van der Waals surface area contributed by atoms with Crippen LogP contribution in [0.5, 0.6) is 11.6 Å². The Morgan fingerprint density at radius 2 is 2.17 bits per heavy atom. The molecule has 100 valence electrons. The van der Waals surface area contributed by atoms with Gasteiger partial charge in [-0.25, -0.2) is 4.98 Å². The molecule has 0 aromatic carbocycles. The smallest absolute Gasteiger partial charge is 0.489 e. The Labute approximate surface area is 98.5 Å². The van der Waals surface area contributed by atoms with Crippen LogP contribution in [0.3, 0.4) is 0 Å². The minimum Gasteiger partial charge on any atom is -0.489 e. The van der Waals surface area contributed by atoms with Crippen molar-refractivity contribution in [3.05, 3.63) is 21.9 Å². The Morgan fingerprint density at radius 1 is 1.56 bits per heavy atom. The largest absolute Gasteiger partial charge is 0.574 e. The standard InChI is InChI=1S/C8H8F3N3O4/c1-17-5-3-13-7(18-8(9,10)11)4(2-12)6(5)14(15)16/h3H,2,12H2,1H3. The van der Waals surface area contributed by atoms with Crippen LogP contribution in [-0.4, -0.2) is 23.4 Å². The summed E-state index contributed by atoms with van der Waals surface area (Å²) in [6.07, 6.45) is -4.25. The van der Waals surface area contributed by atoms with Crippen molar-refractivity contribution in [3.63, 3.8) is 0 Å². The molecule has 1 rings (SSSR count). The van der Waals surface area contributed by atoms with E-state index in [1.807, 2.05) is 0 Å². The minimum absolute atomic E-state index is 0.296. The van der Waals surface area contributed by atoms with Crippen molar-refractivity contribution in [2.75, 3.05) is 7.11 Å². The summed E-state index contributed by atoms with van der Waals surface area (Å²) in [5.41, 5.74) is 4.00. The third-order valence-electron chi connectivity index (χ3n) is 1.90. The fourth-order valence-electron chi connectivity index (χ4n) is 1.24. The molecule has 2 N–H and O–H groups in total. The maximum absolute atomic E-state index is 12.1. The van der Waals surface area contributed by atoms with E-state index in [0.29, 0.717) is 0 Å². The van der Waals surface area contributed by atoms with E-state index < -0.39 is 35.0 Å². The Bertz CT molecular complexity index is 464. The fraction of sp³-hybridized carbons (Fsp3) is 0.375. The summed E-state index contributed by atoms with van der Waals surface area (Å²) in [4.78, 5) is 13.2. The number of rotatable bonds is 4. The van der Waals surface area contributed by atoms with Gasteiger partial charge in [-0.15, -0.1) is 13.2 Å². The van der Waals surface area contributed by atoms with Crippen LogP contribution in [-0.2, 0) is 6.54 Å². The predicted octanol–water partition coefficient (Wildman–Crippen LogP) is 1.36. The summed E-state index contributed by atoms with van der Waals surface area (Å²) < 4.78 is 44.4. The molecule has 0 atom stereocenters. The fourth-order valence-corrected chi connectivity index (χ4v) is 1.24. The number of pyridine rings is 1. The van der Waals surface area contributed by atoms with Crippen LogP contribution in [0.1, 0.15) is 5.56 Å². The van der Waals surface area contributed by atoms with Crippen molar-refractivity contribution in [2.45, 2.75) is 12.9 Å². The molecule has 0 radical (unpaired) electrons. The minimum atomic E-state index is -5.01. The van der Waals surface area contributed by atoms with Crippen LogP contribution in [0.4, 0.5) is 18.9 Å². The van der Waals surface area contributed by atoms with Gasteiger partial charge in [0.2, 0.25) is 11.6 Å². The number of hydrogen-bond donors (Lipinski definition) is 1. The van der Waals surface area contributed by atoms with E-state index in [9.17, 15) is 23.3 Å². The topological polar surface area (TPSA) is 101 Å². The highest BCUT2D eigenvalue weighted by Crippen LogP contribution is 2.36. The molecule has 1 heterocycles. The summed E-state index contributed by atoms with van der Waals surface area (Å²) in [5.74, 6) is -1.26. The van der Waals surface area contributed by atoms with E-state index in [4.69, 9.17) is 5.73 Å². The average molecular weight is 267 g/mol. The van der Waals surface area contributed by atoms with Gasteiger partial charge in [-0.2, -0.15) is 0 Å². The molecule has 1 aromatic rings. The number of alkyl halides is 3. The zero-order valence-electron chi connectivity index (χ0n) is 9.02. The highest BCUT2D eigenvalue weighted by molar-refractivity contribution is 5.55. The van der Waals surface area contributed by atoms with Crippen molar-refractivity contribution in [3.8, 4) is 11.6 Å². The summed E-state index contributed by atoms with van der Waals surface area (Å²) in [7, 11) is 1.12. The molecule has 0 fully saturated rings. The number of hydrogen-bond acceptors (Lipinski definition) is 6. The molecule has 10 heteroatoms. The Hall–Kier alpha value is -2.10. The molecule has 18 heavy (non-hydrogen) atoms. The van der Waals surface area contributed by atoms with Gasteiger partial charge in [-0.3, -0.25) is 10.1 Å². The van der Waals surface area contributed by atoms with E-state index in [1.165, 1.54) is 0 Å². The number of aromatic nitrogens is 1. The van der Waals surface area contributed by atoms with Crippen molar-refractivity contribution < 1.29 is 27.6 Å². The van der Waals surface area contributed by atoms with E-state index in [0.717, 1.165) is 13.3 Å². The lowest BCUT2D eigenvalue weighted by Gasteiger charge is -2.12. The molecule has 0 bridgehead atoms. The number of halogens is 3. The molecular weight excluding hydrogens is 259 g/mol. The lowest BCUT2D eigenvalue weighted by molar-refractivity contribution is -0.386. The lowest BCUT2D eigenvalue weighted by Crippen LogP contribution is -2.20. The maximum Gasteiger partial charge on any atom is 0.574 e. The lowest BCUT2D eigenvalue weighted by atomic mass is 10.2. The van der Waals surface area contributed by atoms with Crippen molar-refractivity contribution in [1.82, 2.24) is 4.98 Å². The second-order valence-electron chi connectivity index (χ2n) is 2.97. The monoisotopic (exact) mass is 267 g/mol. The van der Waals surface area contributed by atoms with E-state index in [1.54, 1.807) is 0 Å². The number of ether oxygens (including phenoxy) is 2. The van der Waals surface area contributed by atoms with E-state index in [2.05, 4.69) is 14.5 Å². The second kappa shape index (κ2) is 5.04. The molecule has 0 aliphatic carbocycles. The SMILES string of the molecule is COc1cnc(OC(F)(F)F)c(CN)c1[N+](=O)[O-]. The van der Waals surface area contributed by atoms with Gasteiger partial charge in [0.25, 0.3) is 0 Å². The van der Waals surface area contributed by atoms with Crippen LogP contribution in [0, 0.1) is 10.1 Å². The van der Waals surface area contributed by atoms with Gasteiger partial charge < -0.3 is 15.2 Å². The van der Waals surface area contributed by atoms with E-state index in [-0.39, 0.29) is 5.75 Å². The average Bonchev–Trinajstić information content (AvgIpc) is 2.26. The maximum atomic E-state index is 12.1. The Kier molecular flexibility index (Phi) is 3.91. The van der Waals surface area contributed by atoms with Crippen molar-refractivity contribution >= 4 is 5.69 Å². The quantitative estimate of drug-likeness (QED) is 0.652. The molecule has 0 saturated carbocycles. The van der Waals surface area contributed by atoms with Gasteiger partial charge in [0, 0.05) is 6.54 Å². The molecule has 0 unspecified atom stereocenters. The van der Waals surface area contributed by atoms with Crippen LogP contribution in [0.15, 0.2) is 6.20 Å². The summed E-state index contributed by atoms with van der Waals surface area (Å²) in [5, 5.41) is 10.8. The van der Waals surface area contributed by atoms with Crippen LogP contribution >= 0.6 is 0 Å². The van der Waals surface area contributed by atoms with Gasteiger partial charge in [0.1, 0.15) is 5.56 Å². The zero-order chi connectivity index (χ0) is 13.9. The first kappa shape index (κ1) is 14.0. The molecular formula is C8H8F3N3O4. The molecule has 1 aromatic heterocycles. The first-order chi connectivity index (χ1) is 8.30. The van der Waals surface area contributed by atoms with Crippen LogP contribution in [0.2, 0.25) is 0 Å². The number of nitrogens with two attached hydrogens (primary N) is 1. The molecule has 0 aliphatic heterocycles.